The average molecular weight is 428 g/mol. The molecule has 1 fully saturated rings. The lowest BCUT2D eigenvalue weighted by Crippen LogP contribution is -2.41. The summed E-state index contributed by atoms with van der Waals surface area (Å²) in [6.07, 6.45) is 1.72. The number of likely N-dealkylation sites (tertiary alicyclic amines) is 1. The largest absolute Gasteiger partial charge is 0.444 e. The van der Waals surface area contributed by atoms with Crippen LogP contribution in [0.4, 0.5) is 4.79 Å². The lowest BCUT2D eigenvalue weighted by Gasteiger charge is -2.28. The van der Waals surface area contributed by atoms with Gasteiger partial charge in [0.05, 0.1) is 18.1 Å². The van der Waals surface area contributed by atoms with Gasteiger partial charge in [-0.15, -0.1) is 5.10 Å². The molecule has 0 spiro atoms. The molecule has 1 unspecified atom stereocenters. The van der Waals surface area contributed by atoms with Gasteiger partial charge in [-0.2, -0.15) is 0 Å². The van der Waals surface area contributed by atoms with Gasteiger partial charge in [-0.05, 0) is 74.4 Å². The van der Waals surface area contributed by atoms with Crippen LogP contribution in [0.1, 0.15) is 33.6 Å². The molecule has 0 N–H and O–H groups in total. The molecule has 1 aliphatic heterocycles. The summed E-state index contributed by atoms with van der Waals surface area (Å²) in [6, 6.07) is 6.17. The van der Waals surface area contributed by atoms with Crippen molar-refractivity contribution >= 4 is 39.7 Å². The van der Waals surface area contributed by atoms with Crippen molar-refractivity contribution < 1.29 is 9.53 Å². The lowest BCUT2D eigenvalue weighted by molar-refractivity contribution is 0.0212. The summed E-state index contributed by atoms with van der Waals surface area (Å²) in [7, 11) is 0. The Labute approximate surface area is 149 Å². The van der Waals surface area contributed by atoms with E-state index >= 15 is 0 Å². The van der Waals surface area contributed by atoms with E-state index in [1.165, 1.54) is 0 Å². The average Bonchev–Trinajstić information content (AvgIpc) is 3.05. The van der Waals surface area contributed by atoms with Gasteiger partial charge in [0, 0.05) is 10.1 Å². The Balaban J connectivity index is 1.78. The third-order valence-corrected chi connectivity index (χ3v) is 4.54. The van der Waals surface area contributed by atoms with Gasteiger partial charge >= 0.3 is 6.09 Å². The van der Waals surface area contributed by atoms with Crippen molar-refractivity contribution in [1.82, 2.24) is 19.9 Å². The molecule has 2 aromatic rings. The fraction of sp³-hybridized carbons (Fsp3) is 0.562. The van der Waals surface area contributed by atoms with Gasteiger partial charge in [-0.1, -0.05) is 5.21 Å². The fourth-order valence-corrected chi connectivity index (χ4v) is 3.33. The maximum absolute atomic E-state index is 12.4. The highest BCUT2D eigenvalue weighted by molar-refractivity contribution is 14.1. The first-order valence-corrected chi connectivity index (χ1v) is 8.90. The first-order chi connectivity index (χ1) is 10.8. The second kappa shape index (κ2) is 6.26. The van der Waals surface area contributed by atoms with Crippen LogP contribution < -0.4 is 0 Å². The zero-order valence-electron chi connectivity index (χ0n) is 13.6. The molecule has 3 rings (SSSR count). The Hall–Kier alpha value is -1.38. The summed E-state index contributed by atoms with van der Waals surface area (Å²) in [5, 5.41) is 8.46. The van der Waals surface area contributed by atoms with Gasteiger partial charge in [0.1, 0.15) is 11.1 Å². The number of amides is 1. The third-order valence-electron chi connectivity index (χ3n) is 3.86. The van der Waals surface area contributed by atoms with Crippen LogP contribution in [0.5, 0.6) is 0 Å². The normalized spacial score (nSPS) is 18.6. The Morgan fingerprint density at radius 2 is 2.22 bits per heavy atom. The van der Waals surface area contributed by atoms with Crippen molar-refractivity contribution in [2.75, 3.05) is 6.54 Å². The molecular formula is C16H21IN4O2. The smallest absolute Gasteiger partial charge is 0.410 e. The van der Waals surface area contributed by atoms with E-state index in [4.69, 9.17) is 4.74 Å². The number of aromatic nitrogens is 3. The van der Waals surface area contributed by atoms with Crippen LogP contribution in [0, 0.1) is 3.57 Å². The molecule has 1 atom stereocenters. The minimum atomic E-state index is -0.472. The zero-order valence-corrected chi connectivity index (χ0v) is 15.8. The molecule has 0 saturated carbocycles. The number of hydrogen-bond acceptors (Lipinski definition) is 4. The summed E-state index contributed by atoms with van der Waals surface area (Å²) in [5.41, 5.74) is 1.42. The monoisotopic (exact) mass is 428 g/mol. The van der Waals surface area contributed by atoms with E-state index in [-0.39, 0.29) is 12.1 Å². The highest BCUT2D eigenvalue weighted by atomic mass is 127. The number of carbonyl (C=O) groups is 1. The summed E-state index contributed by atoms with van der Waals surface area (Å²) in [4.78, 5) is 14.2. The Morgan fingerprint density at radius 3 is 2.96 bits per heavy atom. The maximum Gasteiger partial charge on any atom is 0.410 e. The minimum absolute atomic E-state index is 0.104. The standard InChI is InChI=1S/C16H21IN4O2/c1-16(2,3)23-15(22)20-8-4-5-12(20)10-21-14-9-11(17)6-7-13(14)18-19-21/h6-7,9,12H,4-5,8,10H2,1-3H3. The second-order valence-corrected chi connectivity index (χ2v) is 8.12. The summed E-state index contributed by atoms with van der Waals surface area (Å²) < 4.78 is 8.56. The summed E-state index contributed by atoms with van der Waals surface area (Å²) in [5.74, 6) is 0. The van der Waals surface area contributed by atoms with E-state index in [1.807, 2.05) is 42.5 Å². The van der Waals surface area contributed by atoms with Crippen LogP contribution in [0.25, 0.3) is 11.0 Å². The Kier molecular flexibility index (Phi) is 4.48. The molecule has 1 aromatic heterocycles. The van der Waals surface area contributed by atoms with Crippen molar-refractivity contribution in [3.8, 4) is 0 Å². The van der Waals surface area contributed by atoms with E-state index in [0.29, 0.717) is 6.54 Å². The topological polar surface area (TPSA) is 60.2 Å². The van der Waals surface area contributed by atoms with E-state index in [0.717, 1.165) is 34.0 Å². The van der Waals surface area contributed by atoms with Crippen molar-refractivity contribution in [2.45, 2.75) is 51.8 Å². The number of ether oxygens (including phenoxy) is 1. The molecule has 1 amide bonds. The van der Waals surface area contributed by atoms with Gasteiger partial charge in [-0.3, -0.25) is 0 Å². The first-order valence-electron chi connectivity index (χ1n) is 7.82. The molecule has 0 bridgehead atoms. The predicted octanol–water partition coefficient (Wildman–Crippen LogP) is 3.44. The predicted molar refractivity (Wildman–Crippen MR) is 96.2 cm³/mol. The van der Waals surface area contributed by atoms with Gasteiger partial charge in [0.25, 0.3) is 0 Å². The number of benzene rings is 1. The highest BCUT2D eigenvalue weighted by Crippen LogP contribution is 2.23. The van der Waals surface area contributed by atoms with Crippen molar-refractivity contribution in [2.24, 2.45) is 0 Å². The number of halogens is 1. The van der Waals surface area contributed by atoms with Gasteiger partial charge < -0.3 is 9.64 Å². The number of fused-ring (bicyclic) bond motifs is 1. The molecule has 0 radical (unpaired) electrons. The zero-order chi connectivity index (χ0) is 16.6. The molecule has 0 aliphatic carbocycles. The number of rotatable bonds is 2. The van der Waals surface area contributed by atoms with Crippen molar-refractivity contribution in [3.63, 3.8) is 0 Å². The Morgan fingerprint density at radius 1 is 1.43 bits per heavy atom. The molecule has 6 nitrogen and oxygen atoms in total. The molecule has 2 heterocycles. The summed E-state index contributed by atoms with van der Waals surface area (Å²) >= 11 is 2.28. The molecule has 1 aliphatic rings. The van der Waals surface area contributed by atoms with Crippen LogP contribution in [0.15, 0.2) is 18.2 Å². The molecule has 124 valence electrons. The highest BCUT2D eigenvalue weighted by Gasteiger charge is 2.32. The van der Waals surface area contributed by atoms with Gasteiger partial charge in [0.15, 0.2) is 0 Å². The van der Waals surface area contributed by atoms with Crippen LogP contribution in [-0.2, 0) is 11.3 Å². The van der Waals surface area contributed by atoms with Crippen molar-refractivity contribution in [1.29, 1.82) is 0 Å². The van der Waals surface area contributed by atoms with Crippen molar-refractivity contribution in [3.05, 3.63) is 21.8 Å². The summed E-state index contributed by atoms with van der Waals surface area (Å²) in [6.45, 7) is 7.06. The number of nitrogens with zero attached hydrogens (tertiary/aromatic N) is 4. The van der Waals surface area contributed by atoms with E-state index in [9.17, 15) is 4.79 Å². The Bertz CT molecular complexity index is 722. The molecule has 1 saturated heterocycles. The van der Waals surface area contributed by atoms with Crippen LogP contribution in [-0.4, -0.2) is 44.2 Å². The molecule has 1 aromatic carbocycles. The van der Waals surface area contributed by atoms with Crippen LogP contribution >= 0.6 is 22.6 Å². The molecule has 23 heavy (non-hydrogen) atoms. The van der Waals surface area contributed by atoms with E-state index in [2.05, 4.69) is 39.0 Å². The third kappa shape index (κ3) is 3.76. The minimum Gasteiger partial charge on any atom is -0.444 e. The van der Waals surface area contributed by atoms with Crippen LogP contribution in [0.2, 0.25) is 0 Å². The number of carbonyl (C=O) groups excluding carboxylic acids is 1. The first kappa shape index (κ1) is 16.5. The van der Waals surface area contributed by atoms with E-state index < -0.39 is 5.60 Å². The second-order valence-electron chi connectivity index (χ2n) is 6.87. The SMILES string of the molecule is CC(C)(C)OC(=O)N1CCCC1Cn1nnc2ccc(I)cc21. The maximum atomic E-state index is 12.4. The quantitative estimate of drug-likeness (QED) is 0.688. The van der Waals surface area contributed by atoms with Crippen LogP contribution in [0.3, 0.4) is 0 Å². The van der Waals surface area contributed by atoms with Gasteiger partial charge in [-0.25, -0.2) is 9.48 Å². The molecule has 7 heteroatoms. The van der Waals surface area contributed by atoms with E-state index in [1.54, 1.807) is 0 Å². The fourth-order valence-electron chi connectivity index (χ4n) is 2.86. The lowest BCUT2D eigenvalue weighted by atomic mass is 10.2. The number of hydrogen-bond donors (Lipinski definition) is 0. The van der Waals surface area contributed by atoms with Gasteiger partial charge in [0.2, 0.25) is 0 Å². The molecular weight excluding hydrogens is 407 g/mol.